The van der Waals surface area contributed by atoms with Gasteiger partial charge in [-0.1, -0.05) is 8.41 Å². The van der Waals surface area contributed by atoms with Crippen molar-refractivity contribution in [2.75, 3.05) is 0 Å². The van der Waals surface area contributed by atoms with Crippen molar-refractivity contribution in [3.63, 3.8) is 0 Å². The van der Waals surface area contributed by atoms with Gasteiger partial charge in [0, 0.05) is 0 Å². The van der Waals surface area contributed by atoms with Crippen LogP contribution < -0.4 is 18.9 Å². The summed E-state index contributed by atoms with van der Waals surface area (Å²) in [6.45, 7) is 0. The molecule has 0 radical (unpaired) electrons. The molecule has 0 N–H and O–H groups in total. The van der Waals surface area contributed by atoms with E-state index in [2.05, 4.69) is 19.6 Å². The van der Waals surface area contributed by atoms with Gasteiger partial charge in [0.15, 0.2) is 0 Å². The van der Waals surface area contributed by atoms with Gasteiger partial charge in [0.2, 0.25) is 0 Å². The standard InChI is InChI=1S/BH4.Li.Mo.2S/h1H4;;;;/q-1;+1;;;. The summed E-state index contributed by atoms with van der Waals surface area (Å²) >= 11 is -0.363. The summed E-state index contributed by atoms with van der Waals surface area (Å²) in [5.74, 6) is 0. The van der Waals surface area contributed by atoms with E-state index in [9.17, 15) is 0 Å². The molecule has 0 atom stereocenters. The van der Waals surface area contributed by atoms with Gasteiger partial charge < -0.3 is 0 Å². The van der Waals surface area contributed by atoms with Gasteiger partial charge in [0.25, 0.3) is 0 Å². The first-order chi connectivity index (χ1) is 1.41. The van der Waals surface area contributed by atoms with Crippen LogP contribution in [0.2, 0.25) is 0 Å². The predicted octanol–water partition coefficient (Wildman–Crippen LogP) is -3.15. The quantitative estimate of drug-likeness (QED) is 0.363. The summed E-state index contributed by atoms with van der Waals surface area (Å²) in [7, 11) is 8.68. The zero-order valence-corrected chi connectivity index (χ0v) is 5.86. The maximum absolute atomic E-state index is 4.34. The minimum absolute atomic E-state index is 0. The number of rotatable bonds is 0. The van der Waals surface area contributed by atoms with E-state index in [1.165, 1.54) is 0 Å². The molecule has 0 unspecified atom stereocenters. The van der Waals surface area contributed by atoms with E-state index in [4.69, 9.17) is 0 Å². The molecule has 0 aromatic rings. The molecule has 0 fully saturated rings. The van der Waals surface area contributed by atoms with Crippen LogP contribution in [0.5, 0.6) is 0 Å². The molecular formula is H4BLiMoS2. The third kappa shape index (κ3) is 25.9. The zero-order chi connectivity index (χ0) is 2.71. The second-order valence-corrected chi connectivity index (χ2v) is 3.62. The van der Waals surface area contributed by atoms with Gasteiger partial charge in [-0.2, -0.15) is 0 Å². The normalized spacial score (nSPS) is 2.40. The number of hydrogen-bond acceptors (Lipinski definition) is 2. The van der Waals surface area contributed by atoms with Crippen LogP contribution >= 0.6 is 19.6 Å². The summed E-state index contributed by atoms with van der Waals surface area (Å²) in [4.78, 5) is 0. The maximum atomic E-state index is 4.34. The Morgan fingerprint density at radius 1 is 1.20 bits per heavy atom. The van der Waals surface area contributed by atoms with Gasteiger partial charge in [0.05, 0.1) is 0 Å². The summed E-state index contributed by atoms with van der Waals surface area (Å²) in [5, 5.41) is 0. The molecule has 5 heteroatoms. The van der Waals surface area contributed by atoms with Crippen molar-refractivity contribution >= 4 is 28.1 Å². The van der Waals surface area contributed by atoms with E-state index in [1.54, 1.807) is 0 Å². The summed E-state index contributed by atoms with van der Waals surface area (Å²) in [6, 6.07) is 0. The van der Waals surface area contributed by atoms with Crippen LogP contribution in [0.4, 0.5) is 0 Å². The Morgan fingerprint density at radius 2 is 1.20 bits per heavy atom. The Hall–Kier alpha value is 1.79. The van der Waals surface area contributed by atoms with Crippen molar-refractivity contribution < 1.29 is 33.8 Å². The average molecular weight is 182 g/mol. The van der Waals surface area contributed by atoms with E-state index in [0.29, 0.717) is 0 Å². The molecule has 0 saturated heterocycles. The fourth-order valence-corrected chi connectivity index (χ4v) is 0. The average Bonchev–Trinajstić information content (AvgIpc) is 0.918. The molecule has 0 nitrogen and oxygen atoms in total. The first kappa shape index (κ1) is 15.8. The summed E-state index contributed by atoms with van der Waals surface area (Å²) < 4.78 is 0. The van der Waals surface area contributed by atoms with E-state index in [-0.39, 0.29) is 42.2 Å². The SMILES string of the molecule is [BH4-].[Li+].[S]=[Mo]=[S]. The Bertz CT molecular complexity index is 30.6. The van der Waals surface area contributed by atoms with Crippen LogP contribution in [0.3, 0.4) is 0 Å². The van der Waals surface area contributed by atoms with Gasteiger partial charge in [-0.25, -0.2) is 0 Å². The molecule has 0 aliphatic rings. The second-order valence-electron chi connectivity index (χ2n) is 0.0680. The molecule has 0 rings (SSSR count). The van der Waals surface area contributed by atoms with Crippen LogP contribution in [0.25, 0.3) is 0 Å². The summed E-state index contributed by atoms with van der Waals surface area (Å²) in [6.07, 6.45) is 0. The Labute approximate surface area is 61.3 Å². The van der Waals surface area contributed by atoms with Crippen molar-refractivity contribution in [2.45, 2.75) is 0 Å². The van der Waals surface area contributed by atoms with E-state index in [1.807, 2.05) is 0 Å². The molecule has 0 aliphatic carbocycles. The van der Waals surface area contributed by atoms with Crippen molar-refractivity contribution in [1.29, 1.82) is 0 Å². The molecule has 0 heterocycles. The monoisotopic (exact) mass is 184 g/mol. The van der Waals surface area contributed by atoms with Gasteiger partial charge in [-0.15, -0.1) is 0 Å². The van der Waals surface area contributed by atoms with Gasteiger partial charge >= 0.3 is 53.4 Å². The third-order valence-corrected chi connectivity index (χ3v) is 0. The fourth-order valence-electron chi connectivity index (χ4n) is 0. The zero-order valence-electron chi connectivity index (χ0n) is 2.22. The molecule has 0 aliphatic heterocycles. The van der Waals surface area contributed by atoms with Crippen molar-refractivity contribution in [1.82, 2.24) is 0 Å². The molecular weight excluding hydrogens is 178 g/mol. The molecule has 0 bridgehead atoms. The van der Waals surface area contributed by atoms with Crippen LogP contribution in [0, 0.1) is 0 Å². The van der Waals surface area contributed by atoms with Gasteiger partial charge in [-0.3, -0.25) is 0 Å². The molecule has 0 aromatic carbocycles. The fraction of sp³-hybridized carbons (Fsp3) is 0. The van der Waals surface area contributed by atoms with Crippen LogP contribution in [0.15, 0.2) is 0 Å². The molecule has 0 amide bonds. The molecule has 26 valence electrons. The van der Waals surface area contributed by atoms with Crippen LogP contribution in [-0.2, 0) is 14.9 Å². The molecule has 0 saturated carbocycles. The molecule has 0 aromatic heterocycles. The Kier molecular flexibility index (Phi) is 54.1. The molecule has 0 spiro atoms. The molecule has 5 heavy (non-hydrogen) atoms. The van der Waals surface area contributed by atoms with Crippen molar-refractivity contribution in [2.24, 2.45) is 0 Å². The van der Waals surface area contributed by atoms with E-state index < -0.39 is 0 Å². The predicted molar refractivity (Wildman–Crippen MR) is 26.5 cm³/mol. The third-order valence-electron chi connectivity index (χ3n) is 0. The van der Waals surface area contributed by atoms with Crippen molar-refractivity contribution in [3.05, 3.63) is 0 Å². The Morgan fingerprint density at radius 3 is 1.20 bits per heavy atom. The van der Waals surface area contributed by atoms with Crippen LogP contribution in [-0.4, -0.2) is 8.41 Å². The summed E-state index contributed by atoms with van der Waals surface area (Å²) in [5.41, 5.74) is 0. The Balaban J connectivity index is -0.0000000200. The van der Waals surface area contributed by atoms with Gasteiger partial charge in [-0.05, 0) is 0 Å². The van der Waals surface area contributed by atoms with Crippen molar-refractivity contribution in [3.8, 4) is 0 Å². The van der Waals surface area contributed by atoms with Crippen LogP contribution in [0.1, 0.15) is 0 Å². The first-order valence-electron chi connectivity index (χ1n) is 0.333. The minimum atomic E-state index is -0.363. The van der Waals surface area contributed by atoms with Gasteiger partial charge in [0.1, 0.15) is 0 Å². The van der Waals surface area contributed by atoms with E-state index >= 15 is 0 Å². The topological polar surface area (TPSA) is 0 Å². The second kappa shape index (κ2) is 17.1. The number of hydrogen-bond donors (Lipinski definition) is 0. The van der Waals surface area contributed by atoms with E-state index in [0.717, 1.165) is 0 Å². The first-order valence-corrected chi connectivity index (χ1v) is 5.92.